The van der Waals surface area contributed by atoms with E-state index in [-0.39, 0.29) is 11.8 Å². The van der Waals surface area contributed by atoms with Crippen LogP contribution in [0.5, 0.6) is 0 Å². The van der Waals surface area contributed by atoms with Crippen LogP contribution in [0, 0.1) is 5.92 Å². The van der Waals surface area contributed by atoms with Gasteiger partial charge in [-0.3, -0.25) is 4.79 Å². The van der Waals surface area contributed by atoms with Gasteiger partial charge in [0.2, 0.25) is 5.91 Å². The highest BCUT2D eigenvalue weighted by molar-refractivity contribution is 7.20. The Labute approximate surface area is 132 Å². The molecule has 1 fully saturated rings. The molecule has 3 rings (SSSR count). The number of aromatic nitrogens is 1. The molecular formula is C15H18N2O2S2. The summed E-state index contributed by atoms with van der Waals surface area (Å²) in [5.74, 6) is 0.217. The van der Waals surface area contributed by atoms with E-state index in [1.807, 2.05) is 36.7 Å². The van der Waals surface area contributed by atoms with Crippen LogP contribution in [0.25, 0.3) is 9.88 Å². The Kier molecular flexibility index (Phi) is 3.86. The molecule has 112 valence electrons. The van der Waals surface area contributed by atoms with Crippen molar-refractivity contribution in [2.24, 2.45) is 5.92 Å². The summed E-state index contributed by atoms with van der Waals surface area (Å²) < 4.78 is 0. The molecule has 0 aromatic carbocycles. The third-order valence-corrected chi connectivity index (χ3v) is 5.90. The molecule has 21 heavy (non-hydrogen) atoms. The highest BCUT2D eigenvalue weighted by Crippen LogP contribution is 2.30. The maximum Gasteiger partial charge on any atom is 0.228 e. The maximum absolute atomic E-state index is 12.2. The number of nitrogens with zero attached hydrogens (tertiary/aromatic N) is 2. The fraction of sp³-hybridized carbons (Fsp3) is 0.467. The number of thiazole rings is 1. The Morgan fingerprint density at radius 3 is 2.86 bits per heavy atom. The molecule has 1 aliphatic rings. The fourth-order valence-corrected chi connectivity index (χ4v) is 3.96. The summed E-state index contributed by atoms with van der Waals surface area (Å²) >= 11 is 3.22. The average molecular weight is 322 g/mol. The van der Waals surface area contributed by atoms with Crippen LogP contribution in [-0.2, 0) is 11.2 Å². The van der Waals surface area contributed by atoms with E-state index in [0.717, 1.165) is 15.6 Å². The molecule has 4 nitrogen and oxygen atoms in total. The zero-order valence-corrected chi connectivity index (χ0v) is 13.7. The first kappa shape index (κ1) is 14.7. The van der Waals surface area contributed by atoms with Crippen LogP contribution in [-0.4, -0.2) is 39.6 Å². The number of aliphatic hydroxyl groups is 1. The molecule has 0 bridgehead atoms. The summed E-state index contributed by atoms with van der Waals surface area (Å²) in [6.45, 7) is 4.84. The van der Waals surface area contributed by atoms with E-state index >= 15 is 0 Å². The Bertz CT molecular complexity index is 628. The van der Waals surface area contributed by atoms with Gasteiger partial charge in [-0.05, 0) is 17.4 Å². The molecule has 0 unspecified atom stereocenters. The van der Waals surface area contributed by atoms with E-state index < -0.39 is 5.60 Å². The number of thiophene rings is 1. The topological polar surface area (TPSA) is 53.4 Å². The molecule has 1 aliphatic heterocycles. The van der Waals surface area contributed by atoms with Crippen LogP contribution in [0.15, 0.2) is 22.9 Å². The first-order chi connectivity index (χ1) is 9.98. The molecule has 3 heterocycles. The third-order valence-electron chi connectivity index (χ3n) is 3.97. The zero-order chi connectivity index (χ0) is 15.0. The highest BCUT2D eigenvalue weighted by Gasteiger charge is 2.45. The Morgan fingerprint density at radius 1 is 1.48 bits per heavy atom. The molecule has 0 saturated carbocycles. The smallest absolute Gasteiger partial charge is 0.228 e. The highest BCUT2D eigenvalue weighted by atomic mass is 32.1. The van der Waals surface area contributed by atoms with Crippen molar-refractivity contribution in [1.29, 1.82) is 0 Å². The quantitative estimate of drug-likeness (QED) is 0.941. The van der Waals surface area contributed by atoms with Gasteiger partial charge in [-0.25, -0.2) is 4.98 Å². The van der Waals surface area contributed by atoms with E-state index in [9.17, 15) is 9.90 Å². The third kappa shape index (κ3) is 2.88. The molecule has 1 amide bonds. The van der Waals surface area contributed by atoms with Gasteiger partial charge in [0.15, 0.2) is 0 Å². The summed E-state index contributed by atoms with van der Waals surface area (Å²) in [5.41, 5.74) is 0.105. The van der Waals surface area contributed by atoms with E-state index in [1.165, 1.54) is 0 Å². The minimum atomic E-state index is -0.708. The fourth-order valence-electron chi connectivity index (χ4n) is 2.32. The van der Waals surface area contributed by atoms with Crippen molar-refractivity contribution < 1.29 is 9.90 Å². The van der Waals surface area contributed by atoms with Gasteiger partial charge in [-0.15, -0.1) is 22.7 Å². The molecule has 2 aromatic rings. The lowest BCUT2D eigenvalue weighted by Gasteiger charge is -2.49. The lowest BCUT2D eigenvalue weighted by atomic mass is 9.83. The summed E-state index contributed by atoms with van der Waals surface area (Å²) in [5, 5.41) is 15.1. The standard InChI is InChI=1S/C15H18N2O2S2/c1-10(2)15(19)8-17(9-15)13(18)6-11-7-21-14(16-11)12-4-3-5-20-12/h3-5,7,10,19H,6,8-9H2,1-2H3. The van der Waals surface area contributed by atoms with Crippen molar-refractivity contribution in [2.75, 3.05) is 13.1 Å². The van der Waals surface area contributed by atoms with Crippen LogP contribution in [0.3, 0.4) is 0 Å². The van der Waals surface area contributed by atoms with Gasteiger partial charge in [0.05, 0.1) is 30.1 Å². The van der Waals surface area contributed by atoms with Crippen molar-refractivity contribution in [3.05, 3.63) is 28.6 Å². The Hall–Kier alpha value is -1.24. The number of hydrogen-bond donors (Lipinski definition) is 1. The Balaban J connectivity index is 1.59. The second-order valence-corrected chi connectivity index (χ2v) is 7.61. The molecule has 2 aromatic heterocycles. The number of carbonyl (C=O) groups excluding carboxylic acids is 1. The first-order valence-electron chi connectivity index (χ1n) is 6.96. The SMILES string of the molecule is CC(C)C1(O)CN(C(=O)Cc2csc(-c3cccs3)n2)C1. The van der Waals surface area contributed by atoms with Crippen LogP contribution < -0.4 is 0 Å². The number of rotatable bonds is 4. The number of likely N-dealkylation sites (tertiary alicyclic amines) is 1. The summed E-state index contributed by atoms with van der Waals surface area (Å²) in [6.07, 6.45) is 0.316. The lowest BCUT2D eigenvalue weighted by Crippen LogP contribution is -2.66. The summed E-state index contributed by atoms with van der Waals surface area (Å²) in [4.78, 5) is 19.6. The van der Waals surface area contributed by atoms with Crippen molar-refractivity contribution >= 4 is 28.6 Å². The number of amides is 1. The van der Waals surface area contributed by atoms with Gasteiger partial charge < -0.3 is 10.0 Å². The second kappa shape index (κ2) is 5.51. The van der Waals surface area contributed by atoms with Crippen LogP contribution >= 0.6 is 22.7 Å². The van der Waals surface area contributed by atoms with Gasteiger partial charge in [-0.2, -0.15) is 0 Å². The van der Waals surface area contributed by atoms with E-state index in [1.54, 1.807) is 27.6 Å². The summed E-state index contributed by atoms with van der Waals surface area (Å²) in [6, 6.07) is 4.03. The van der Waals surface area contributed by atoms with Gasteiger partial charge >= 0.3 is 0 Å². The number of hydrogen-bond acceptors (Lipinski definition) is 5. The largest absolute Gasteiger partial charge is 0.386 e. The zero-order valence-electron chi connectivity index (χ0n) is 12.1. The number of β-amino-alcohol motifs (C(OH)–C–C–N with tert-alkyl or cyclic N) is 1. The minimum absolute atomic E-state index is 0.0448. The lowest BCUT2D eigenvalue weighted by molar-refractivity contribution is -0.163. The van der Waals surface area contributed by atoms with Crippen molar-refractivity contribution in [3.63, 3.8) is 0 Å². The Morgan fingerprint density at radius 2 is 2.24 bits per heavy atom. The molecule has 1 saturated heterocycles. The predicted octanol–water partition coefficient (Wildman–Crippen LogP) is 2.64. The van der Waals surface area contributed by atoms with Crippen LogP contribution in [0.1, 0.15) is 19.5 Å². The van der Waals surface area contributed by atoms with Gasteiger partial charge in [-0.1, -0.05) is 19.9 Å². The minimum Gasteiger partial charge on any atom is -0.386 e. The van der Waals surface area contributed by atoms with E-state index in [2.05, 4.69) is 4.98 Å². The van der Waals surface area contributed by atoms with Crippen LogP contribution in [0.4, 0.5) is 0 Å². The molecular weight excluding hydrogens is 304 g/mol. The van der Waals surface area contributed by atoms with Crippen molar-refractivity contribution in [2.45, 2.75) is 25.9 Å². The first-order valence-corrected chi connectivity index (χ1v) is 8.72. The van der Waals surface area contributed by atoms with E-state index in [0.29, 0.717) is 19.5 Å². The van der Waals surface area contributed by atoms with Gasteiger partial charge in [0.1, 0.15) is 10.6 Å². The molecule has 0 aliphatic carbocycles. The number of carbonyl (C=O) groups is 1. The van der Waals surface area contributed by atoms with E-state index in [4.69, 9.17) is 0 Å². The van der Waals surface area contributed by atoms with Crippen molar-refractivity contribution in [3.8, 4) is 9.88 Å². The molecule has 0 atom stereocenters. The average Bonchev–Trinajstić information content (AvgIpc) is 3.04. The van der Waals surface area contributed by atoms with Gasteiger partial charge in [0, 0.05) is 5.38 Å². The van der Waals surface area contributed by atoms with Gasteiger partial charge in [0.25, 0.3) is 0 Å². The molecule has 6 heteroatoms. The molecule has 1 N–H and O–H groups in total. The molecule has 0 spiro atoms. The monoisotopic (exact) mass is 322 g/mol. The molecule has 0 radical (unpaired) electrons. The summed E-state index contributed by atoms with van der Waals surface area (Å²) in [7, 11) is 0. The van der Waals surface area contributed by atoms with Crippen molar-refractivity contribution in [1.82, 2.24) is 9.88 Å². The normalized spacial score (nSPS) is 17.0. The predicted molar refractivity (Wildman–Crippen MR) is 85.5 cm³/mol. The maximum atomic E-state index is 12.2. The second-order valence-electron chi connectivity index (χ2n) is 5.81. The van der Waals surface area contributed by atoms with Crippen LogP contribution in [0.2, 0.25) is 0 Å².